The van der Waals surface area contributed by atoms with E-state index < -0.39 is 10.8 Å². The van der Waals surface area contributed by atoms with Gasteiger partial charge in [-0.05, 0) is 149 Å². The maximum atomic E-state index is 7.07. The quantitative estimate of drug-likeness (QED) is 0.136. The molecule has 4 atom stereocenters. The summed E-state index contributed by atoms with van der Waals surface area (Å²) in [7, 11) is 0. The zero-order valence-electron chi connectivity index (χ0n) is 59.7. The summed E-state index contributed by atoms with van der Waals surface area (Å²) in [6, 6.07) is 131. The zero-order valence-corrected chi connectivity index (χ0v) is 59.7. The number of rotatable bonds is 10. The molecule has 2 aromatic heterocycles. The highest BCUT2D eigenvalue weighted by atomic mass is 16.5. The standard InChI is InChI=1S/C104H66N4O2/c1-3-26-68(27-4-1)101-105-92(63-94(107-101)81-37-11-9-33-76(81)73-55-57-98-90(61-73)103(87-44-19-21-47-96(87)109-98)84-41-16-13-35-79(84)80-36-14-17-42-85(80)103)67-52-49-66(50-53-67)71-31-23-32-72(59-71)78-40-24-46-89-100(78)83-39-15-18-43-86(83)104(89)88-45-20-22-48-97(88)110-99-58-56-74(62-91(99)104)77-34-10-12-38-82(77)95-64-93(106-102(108-95)69-28-5-2-6-29-69)75-54-51-65-25-7-8-30-70(65)60-75/h1-64,79,84H. The molecule has 4 unspecified atom stereocenters. The van der Waals surface area contributed by atoms with Gasteiger partial charge in [-0.2, -0.15) is 0 Å². The van der Waals surface area contributed by atoms with Crippen LogP contribution in [-0.4, -0.2) is 19.9 Å². The fourth-order valence-corrected chi connectivity index (χ4v) is 18.8. The molecule has 0 radical (unpaired) electrons. The number of aromatic nitrogens is 4. The van der Waals surface area contributed by atoms with Gasteiger partial charge in [-0.15, -0.1) is 0 Å². The highest BCUT2D eigenvalue weighted by molar-refractivity contribution is 5.99. The number of fused-ring (bicyclic) bond motifs is 19. The molecule has 0 saturated heterocycles. The summed E-state index contributed by atoms with van der Waals surface area (Å²) in [5.41, 5.74) is 28.9. The van der Waals surface area contributed by atoms with E-state index in [0.29, 0.717) is 11.6 Å². The largest absolute Gasteiger partial charge is 0.457 e. The molecule has 0 saturated carbocycles. The Hall–Kier alpha value is -14.2. The first-order valence-corrected chi connectivity index (χ1v) is 37.8. The Morgan fingerprint density at radius 2 is 0.691 bits per heavy atom. The number of para-hydroxylation sites is 2. The molecular formula is C104H66N4O2. The summed E-state index contributed by atoms with van der Waals surface area (Å²) in [6.07, 6.45) is 9.24. The predicted octanol–water partition coefficient (Wildman–Crippen LogP) is 25.8. The van der Waals surface area contributed by atoms with E-state index in [4.69, 9.17) is 29.4 Å². The summed E-state index contributed by atoms with van der Waals surface area (Å²) in [4.78, 5) is 21.5. The minimum Gasteiger partial charge on any atom is -0.457 e. The topological polar surface area (TPSA) is 70.0 Å². The number of allylic oxidation sites excluding steroid dienone is 4. The van der Waals surface area contributed by atoms with E-state index in [2.05, 4.69) is 364 Å². The molecule has 4 heterocycles. The van der Waals surface area contributed by atoms with Crippen LogP contribution in [0.25, 0.3) is 134 Å². The summed E-state index contributed by atoms with van der Waals surface area (Å²) < 4.78 is 14.0. The van der Waals surface area contributed by atoms with Gasteiger partial charge in [0.05, 0.1) is 33.6 Å². The molecule has 514 valence electrons. The average Bonchev–Trinajstić information content (AvgIpc) is 1.74. The molecule has 0 bridgehead atoms. The van der Waals surface area contributed by atoms with Gasteiger partial charge in [0.2, 0.25) is 0 Å². The van der Waals surface area contributed by atoms with Gasteiger partial charge in [-0.1, -0.05) is 328 Å². The van der Waals surface area contributed by atoms with E-state index in [1.54, 1.807) is 0 Å². The maximum Gasteiger partial charge on any atom is 0.160 e. The number of hydrogen-bond donors (Lipinski definition) is 0. The third-order valence-corrected chi connectivity index (χ3v) is 23.6. The lowest BCUT2D eigenvalue weighted by Gasteiger charge is -2.43. The SMILES string of the molecule is C1=CC2c3ccccc3C3(c4ccccc4Oc4ccc(-c5ccccc5-c5cc(-c6ccc(-c7cccc(-c8cccc9c8-c8ccccc8C98c9ccccc9Oc9ccc(-c%10ccccc%10-c%10cc(-c%11ccc%12ccccc%12c%11)nc(-c%11ccccc%11)n%10)cc98)c7)cc6)nc(-c6ccccc6)n5)cc43)C2C=C1. The number of benzene rings is 15. The summed E-state index contributed by atoms with van der Waals surface area (Å²) in [5.74, 6) is 5.14. The summed E-state index contributed by atoms with van der Waals surface area (Å²) in [6.45, 7) is 0. The fourth-order valence-electron chi connectivity index (χ4n) is 18.8. The van der Waals surface area contributed by atoms with Gasteiger partial charge in [0.25, 0.3) is 0 Å². The molecule has 0 fully saturated rings. The van der Waals surface area contributed by atoms with E-state index in [1.807, 2.05) is 24.3 Å². The molecule has 6 nitrogen and oxygen atoms in total. The Kier molecular flexibility index (Phi) is 14.5. The molecular weight excluding hydrogens is 1340 g/mol. The summed E-state index contributed by atoms with van der Waals surface area (Å²) in [5, 5.41) is 2.34. The molecule has 17 aromatic rings. The van der Waals surface area contributed by atoms with Gasteiger partial charge in [0.1, 0.15) is 23.0 Å². The van der Waals surface area contributed by atoms with Gasteiger partial charge in [0, 0.05) is 67.5 Å². The third-order valence-electron chi connectivity index (χ3n) is 23.6. The van der Waals surface area contributed by atoms with E-state index in [1.165, 1.54) is 49.9 Å². The van der Waals surface area contributed by atoms with Crippen LogP contribution in [0.4, 0.5) is 0 Å². The minimum atomic E-state index is -0.753. The molecule has 5 aliphatic rings. The highest BCUT2D eigenvalue weighted by Crippen LogP contribution is 2.67. The lowest BCUT2D eigenvalue weighted by molar-refractivity contribution is 0.374. The monoisotopic (exact) mass is 1400 g/mol. The Bertz CT molecular complexity index is 6700. The smallest absolute Gasteiger partial charge is 0.160 e. The normalized spacial score (nSPS) is 16.9. The van der Waals surface area contributed by atoms with Crippen molar-refractivity contribution in [3.63, 3.8) is 0 Å². The van der Waals surface area contributed by atoms with Crippen molar-refractivity contribution in [3.05, 3.63) is 433 Å². The minimum absolute atomic E-state index is 0.151. The van der Waals surface area contributed by atoms with Crippen LogP contribution in [0.3, 0.4) is 0 Å². The number of nitrogens with zero attached hydrogens (tertiary/aromatic N) is 4. The maximum absolute atomic E-state index is 7.07. The van der Waals surface area contributed by atoms with Crippen molar-refractivity contribution in [1.82, 2.24) is 19.9 Å². The first-order valence-electron chi connectivity index (χ1n) is 37.8. The fraction of sp³-hybridized carbons (Fsp3) is 0.0385. The lowest BCUT2D eigenvalue weighted by Crippen LogP contribution is -2.37. The second kappa shape index (κ2) is 25.2. The number of hydrogen-bond acceptors (Lipinski definition) is 6. The van der Waals surface area contributed by atoms with Gasteiger partial charge in [0.15, 0.2) is 11.6 Å². The van der Waals surface area contributed by atoms with Gasteiger partial charge in [-0.3, -0.25) is 0 Å². The van der Waals surface area contributed by atoms with Crippen molar-refractivity contribution in [2.75, 3.05) is 0 Å². The average molecular weight is 1400 g/mol. The van der Waals surface area contributed by atoms with Crippen molar-refractivity contribution in [1.29, 1.82) is 0 Å². The van der Waals surface area contributed by atoms with Crippen molar-refractivity contribution in [3.8, 4) is 146 Å². The molecule has 0 amide bonds. The van der Waals surface area contributed by atoms with Crippen LogP contribution in [0.15, 0.2) is 388 Å². The molecule has 6 heteroatoms. The predicted molar refractivity (Wildman–Crippen MR) is 444 cm³/mol. The third kappa shape index (κ3) is 9.82. The van der Waals surface area contributed by atoms with Gasteiger partial charge in [-0.25, -0.2) is 19.9 Å². The highest BCUT2D eigenvalue weighted by Gasteiger charge is 2.57. The molecule has 110 heavy (non-hydrogen) atoms. The molecule has 2 spiro atoms. The Morgan fingerprint density at radius 3 is 1.39 bits per heavy atom. The van der Waals surface area contributed by atoms with Crippen molar-refractivity contribution in [2.24, 2.45) is 5.92 Å². The van der Waals surface area contributed by atoms with Crippen LogP contribution in [0.2, 0.25) is 0 Å². The van der Waals surface area contributed by atoms with E-state index in [9.17, 15) is 0 Å². The Labute approximate surface area is 638 Å². The number of ether oxygens (including phenoxy) is 2. The second-order valence-corrected chi connectivity index (χ2v) is 29.3. The molecule has 0 N–H and O–H groups in total. The van der Waals surface area contributed by atoms with Gasteiger partial charge < -0.3 is 9.47 Å². The first-order chi connectivity index (χ1) is 54.5. The first kappa shape index (κ1) is 63.1. The van der Waals surface area contributed by atoms with E-state index >= 15 is 0 Å². The Morgan fingerprint density at radius 1 is 0.236 bits per heavy atom. The molecule has 15 aromatic carbocycles. The van der Waals surface area contributed by atoms with Crippen LogP contribution in [0, 0.1) is 5.92 Å². The van der Waals surface area contributed by atoms with E-state index in [-0.39, 0.29) is 11.8 Å². The Balaban J connectivity index is 0.630. The van der Waals surface area contributed by atoms with Crippen LogP contribution in [-0.2, 0) is 10.8 Å². The van der Waals surface area contributed by atoms with Crippen molar-refractivity contribution < 1.29 is 9.47 Å². The van der Waals surface area contributed by atoms with Crippen LogP contribution in [0.5, 0.6) is 23.0 Å². The van der Waals surface area contributed by atoms with Crippen LogP contribution < -0.4 is 9.47 Å². The van der Waals surface area contributed by atoms with E-state index in [0.717, 1.165) is 140 Å². The zero-order chi connectivity index (χ0) is 72.4. The van der Waals surface area contributed by atoms with Crippen molar-refractivity contribution in [2.45, 2.75) is 16.7 Å². The lowest BCUT2D eigenvalue weighted by atomic mass is 9.61. The molecule has 3 aliphatic carbocycles. The molecule has 2 aliphatic heterocycles. The van der Waals surface area contributed by atoms with Crippen LogP contribution in [0.1, 0.15) is 50.4 Å². The van der Waals surface area contributed by atoms with Crippen LogP contribution >= 0.6 is 0 Å². The second-order valence-electron chi connectivity index (χ2n) is 29.3. The van der Waals surface area contributed by atoms with Crippen molar-refractivity contribution >= 4 is 10.8 Å². The summed E-state index contributed by atoms with van der Waals surface area (Å²) >= 11 is 0. The van der Waals surface area contributed by atoms with Gasteiger partial charge >= 0.3 is 0 Å². The molecule has 22 rings (SSSR count).